The summed E-state index contributed by atoms with van der Waals surface area (Å²) in [5.41, 5.74) is 6.42. The highest BCUT2D eigenvalue weighted by Crippen LogP contribution is 2.40. The molecule has 13 nitrogen and oxygen atoms in total. The van der Waals surface area contributed by atoms with Crippen molar-refractivity contribution in [2.45, 2.75) is 65.7 Å². The number of aryl methyl sites for hydroxylation is 2. The predicted octanol–water partition coefficient (Wildman–Crippen LogP) is 7.69. The van der Waals surface area contributed by atoms with Crippen molar-refractivity contribution in [3.63, 3.8) is 0 Å². The van der Waals surface area contributed by atoms with Gasteiger partial charge in [0.2, 0.25) is 0 Å². The first-order chi connectivity index (χ1) is 27.0. The van der Waals surface area contributed by atoms with Gasteiger partial charge in [0.1, 0.15) is 28.4 Å². The summed E-state index contributed by atoms with van der Waals surface area (Å²) in [6.45, 7) is 11.4. The minimum absolute atomic E-state index is 0.00439. The molecule has 0 saturated carbocycles. The minimum atomic E-state index is -5.08. The Morgan fingerprint density at radius 2 is 1.67 bits per heavy atom. The summed E-state index contributed by atoms with van der Waals surface area (Å²) in [4.78, 5) is 28.3. The molecule has 7 rings (SSSR count). The van der Waals surface area contributed by atoms with Crippen LogP contribution in [0.3, 0.4) is 0 Å². The van der Waals surface area contributed by atoms with Crippen molar-refractivity contribution in [1.82, 2.24) is 34.8 Å². The normalized spacial score (nSPS) is 13.7. The van der Waals surface area contributed by atoms with E-state index in [-0.39, 0.29) is 29.3 Å². The molecule has 0 unspecified atom stereocenters. The van der Waals surface area contributed by atoms with E-state index in [4.69, 9.17) is 26.5 Å². The molecule has 0 spiro atoms. The first kappa shape index (κ1) is 40.9. The molecule has 0 fully saturated rings. The van der Waals surface area contributed by atoms with Crippen molar-refractivity contribution >= 4 is 34.6 Å². The zero-order valence-corrected chi connectivity index (χ0v) is 32.9. The number of nitrogens with one attached hydrogen (secondary N) is 2. The molecule has 3 aromatic carbocycles. The maximum Gasteiger partial charge on any atom is 0.490 e. The summed E-state index contributed by atoms with van der Waals surface area (Å²) >= 11 is 7.99. The van der Waals surface area contributed by atoms with Crippen LogP contribution < -0.4 is 11.0 Å². The number of benzene rings is 3. The molecule has 1 aliphatic heterocycles. The number of carboxylic acid groups (broad SMARTS) is 1. The van der Waals surface area contributed by atoms with E-state index in [1.807, 2.05) is 69.3 Å². The number of carboxylic acids is 1. The number of fused-ring (bicyclic) bond motifs is 3. The molecule has 4 heterocycles. The van der Waals surface area contributed by atoms with Crippen LogP contribution in [0, 0.1) is 20.8 Å². The molecule has 5 N–H and O–H groups in total. The quantitative estimate of drug-likeness (QED) is 0.0913. The Hall–Kier alpha value is -5.78. The van der Waals surface area contributed by atoms with Gasteiger partial charge in [-0.25, -0.2) is 19.3 Å². The minimum Gasteiger partial charge on any atom is -0.508 e. The van der Waals surface area contributed by atoms with Gasteiger partial charge >= 0.3 is 17.8 Å². The second kappa shape index (κ2) is 16.4. The number of H-pyrrole nitrogens is 1. The summed E-state index contributed by atoms with van der Waals surface area (Å²) < 4.78 is 35.3. The number of aromatic amines is 1. The highest BCUT2D eigenvalue weighted by Gasteiger charge is 2.38. The molecule has 3 aromatic heterocycles. The Bertz CT molecular complexity index is 2520. The highest BCUT2D eigenvalue weighted by molar-refractivity contribution is 7.15. The van der Waals surface area contributed by atoms with Gasteiger partial charge in [-0.1, -0.05) is 49.7 Å². The number of carbonyl (C=O) groups is 1. The second-order valence-corrected chi connectivity index (χ2v) is 15.2. The largest absolute Gasteiger partial charge is 0.508 e. The van der Waals surface area contributed by atoms with Gasteiger partial charge in [-0.3, -0.25) is 9.56 Å². The Labute approximate surface area is 333 Å². The lowest BCUT2D eigenvalue weighted by atomic mass is 9.98. The number of aromatic hydroxyl groups is 2. The number of phenolic OH excluding ortho intramolecular Hbond substituents is 2. The summed E-state index contributed by atoms with van der Waals surface area (Å²) in [6.07, 6.45) is -4.39. The summed E-state index contributed by atoms with van der Waals surface area (Å²) in [6, 6.07) is 18.2. The number of phenols is 2. The number of hydrogen-bond acceptors (Lipinski definition) is 10. The Balaban J connectivity index is 0.000000719. The zero-order valence-electron chi connectivity index (χ0n) is 31.3. The molecule has 1 atom stereocenters. The van der Waals surface area contributed by atoms with Crippen molar-refractivity contribution in [3.8, 4) is 33.6 Å². The van der Waals surface area contributed by atoms with Crippen LogP contribution in [0.1, 0.15) is 76.6 Å². The van der Waals surface area contributed by atoms with Crippen molar-refractivity contribution < 1.29 is 33.3 Å². The molecule has 0 saturated heterocycles. The second-order valence-electron chi connectivity index (χ2n) is 13.6. The van der Waals surface area contributed by atoms with Gasteiger partial charge in [0.25, 0.3) is 0 Å². The molecule has 18 heteroatoms. The van der Waals surface area contributed by atoms with Crippen LogP contribution >= 0.6 is 22.9 Å². The third-order valence-electron chi connectivity index (χ3n) is 9.40. The van der Waals surface area contributed by atoms with E-state index in [9.17, 15) is 28.2 Å². The van der Waals surface area contributed by atoms with Crippen LogP contribution in [0.5, 0.6) is 11.5 Å². The molecule has 0 bridgehead atoms. The Morgan fingerprint density at radius 1 is 1.00 bits per heavy atom. The van der Waals surface area contributed by atoms with E-state index >= 15 is 0 Å². The van der Waals surface area contributed by atoms with Crippen LogP contribution in [0.4, 0.5) is 13.2 Å². The highest BCUT2D eigenvalue weighted by atomic mass is 35.5. The van der Waals surface area contributed by atoms with E-state index in [2.05, 4.69) is 44.1 Å². The number of rotatable bonds is 9. The monoisotopic (exact) mass is 822 g/mol. The lowest BCUT2D eigenvalue weighted by Gasteiger charge is -2.14. The number of aromatic nitrogens is 6. The number of aliphatic carboxylic acids is 1. The molecule has 57 heavy (non-hydrogen) atoms. The molecular weight excluding hydrogens is 785 g/mol. The van der Waals surface area contributed by atoms with Gasteiger partial charge < -0.3 is 20.6 Å². The molecule has 0 amide bonds. The maximum absolute atomic E-state index is 12.9. The lowest BCUT2D eigenvalue weighted by molar-refractivity contribution is -0.192. The average molecular weight is 823 g/mol. The number of alkyl halides is 3. The number of nitrogens with zero attached hydrogens (tertiary/aromatic N) is 6. The standard InChI is InChI=1S/C37H37ClN8O3S.C2HF3O2/c1-19(2)27-16-28(31(48)17-30(27)47)34-42-44-37(49)46(34)26-12-6-23(7-13-26)18-39-15-14-29-35-43-41-22(5)45(35)36-32(20(3)21(4)50-36)33(40-29)24-8-10-25(38)11-9-24;3-2(4,5)1(6)7/h6-13,16-17,19,29,39,47-48H,14-15,18H2,1-5H3,(H,44,49);(H,6,7)/t29-;/m0./s1. The number of aliphatic imine (C=N–C) groups is 1. The van der Waals surface area contributed by atoms with Gasteiger partial charge in [0.05, 0.1) is 17.0 Å². The van der Waals surface area contributed by atoms with Crippen LogP contribution in [0.15, 0.2) is 70.5 Å². The van der Waals surface area contributed by atoms with Crippen LogP contribution in [0.2, 0.25) is 5.02 Å². The fourth-order valence-corrected chi connectivity index (χ4v) is 7.72. The van der Waals surface area contributed by atoms with Gasteiger partial charge in [0.15, 0.2) is 11.6 Å². The SMILES string of the molecule is Cc1sc2c(c1C)C(c1ccc(Cl)cc1)=N[C@@H](CCNCc1ccc(-n3c(-c4cc(C(C)C)c(O)cc4O)n[nH]c3=O)cc1)c1nnc(C)n1-2.O=C(O)C(F)(F)F. The Morgan fingerprint density at radius 3 is 2.30 bits per heavy atom. The first-order valence-corrected chi connectivity index (χ1v) is 18.9. The van der Waals surface area contributed by atoms with Gasteiger partial charge in [-0.15, -0.1) is 21.5 Å². The van der Waals surface area contributed by atoms with Crippen LogP contribution in [-0.2, 0) is 11.3 Å². The molecular formula is C39H38ClF3N8O5S. The van der Waals surface area contributed by atoms with Crippen molar-refractivity contribution in [2.75, 3.05) is 6.54 Å². The molecule has 0 aliphatic carbocycles. The number of halogens is 4. The first-order valence-electron chi connectivity index (χ1n) is 17.7. The van der Waals surface area contributed by atoms with Crippen molar-refractivity contribution in [2.24, 2.45) is 4.99 Å². The molecule has 1 aliphatic rings. The van der Waals surface area contributed by atoms with E-state index in [1.165, 1.54) is 21.1 Å². The summed E-state index contributed by atoms with van der Waals surface area (Å²) in [5, 5.41) is 49.1. The van der Waals surface area contributed by atoms with Crippen LogP contribution in [0.25, 0.3) is 22.1 Å². The van der Waals surface area contributed by atoms with E-state index in [0.717, 1.165) is 39.1 Å². The lowest BCUT2D eigenvalue weighted by Crippen LogP contribution is -2.21. The third-order valence-corrected chi connectivity index (χ3v) is 10.8. The average Bonchev–Trinajstić information content (AvgIpc) is 3.79. The third kappa shape index (κ3) is 8.50. The summed E-state index contributed by atoms with van der Waals surface area (Å²) in [5.74, 6) is -1.02. The van der Waals surface area contributed by atoms with E-state index in [0.29, 0.717) is 41.3 Å². The van der Waals surface area contributed by atoms with Crippen molar-refractivity contribution in [1.29, 1.82) is 0 Å². The van der Waals surface area contributed by atoms with Gasteiger partial charge in [-0.2, -0.15) is 18.3 Å². The maximum atomic E-state index is 12.9. The van der Waals surface area contributed by atoms with Gasteiger partial charge in [-0.05, 0) is 86.7 Å². The smallest absolute Gasteiger partial charge is 0.490 e. The topological polar surface area (TPSA) is 184 Å². The zero-order chi connectivity index (χ0) is 41.3. The van der Waals surface area contributed by atoms with Crippen molar-refractivity contribution in [3.05, 3.63) is 121 Å². The molecule has 6 aromatic rings. The molecule has 0 radical (unpaired) electrons. The van der Waals surface area contributed by atoms with Crippen LogP contribution in [-0.4, -0.2) is 69.3 Å². The number of hydrogen-bond donors (Lipinski definition) is 5. The van der Waals surface area contributed by atoms with Gasteiger partial charge in [0, 0.05) is 33.6 Å². The Kier molecular flexibility index (Phi) is 11.7. The fourth-order valence-electron chi connectivity index (χ4n) is 6.38. The fraction of sp³-hybridized carbons (Fsp3) is 0.282. The van der Waals surface area contributed by atoms with E-state index < -0.39 is 17.8 Å². The number of thiophene rings is 1. The summed E-state index contributed by atoms with van der Waals surface area (Å²) in [7, 11) is 0. The molecule has 298 valence electrons. The predicted molar refractivity (Wildman–Crippen MR) is 210 cm³/mol. The van der Waals surface area contributed by atoms with E-state index in [1.54, 1.807) is 17.4 Å².